The molecular weight excluding hydrogens is 254 g/mol. The van der Waals surface area contributed by atoms with Crippen LogP contribution in [0.15, 0.2) is 4.52 Å². The van der Waals surface area contributed by atoms with Crippen molar-refractivity contribution in [2.24, 2.45) is 0 Å². The standard InChI is InChI=1S/C15H27N3O2/c1-14(2,3)16-11-12-17-13(18-20-12)15(19-4)9-7-5-6-8-10-15/h16H,5-11H2,1-4H3. The van der Waals surface area contributed by atoms with Crippen molar-refractivity contribution in [1.29, 1.82) is 0 Å². The van der Waals surface area contributed by atoms with Crippen LogP contribution in [0.1, 0.15) is 71.0 Å². The maximum absolute atomic E-state index is 5.80. The Labute approximate surface area is 121 Å². The summed E-state index contributed by atoms with van der Waals surface area (Å²) in [6.45, 7) is 6.95. The summed E-state index contributed by atoms with van der Waals surface area (Å²) in [6, 6.07) is 0. The summed E-state index contributed by atoms with van der Waals surface area (Å²) >= 11 is 0. The molecule has 1 N–H and O–H groups in total. The van der Waals surface area contributed by atoms with Crippen molar-refractivity contribution in [2.45, 2.75) is 77.0 Å². The second-order valence-electron chi connectivity index (χ2n) is 6.73. The van der Waals surface area contributed by atoms with Crippen LogP contribution in [0.25, 0.3) is 0 Å². The van der Waals surface area contributed by atoms with Crippen molar-refractivity contribution >= 4 is 0 Å². The van der Waals surface area contributed by atoms with Crippen molar-refractivity contribution in [3.05, 3.63) is 11.7 Å². The lowest BCUT2D eigenvalue weighted by molar-refractivity contribution is -0.0365. The number of hydrogen-bond acceptors (Lipinski definition) is 5. The zero-order valence-corrected chi connectivity index (χ0v) is 13.2. The van der Waals surface area contributed by atoms with Crippen LogP contribution in [-0.4, -0.2) is 22.8 Å². The Morgan fingerprint density at radius 1 is 1.20 bits per heavy atom. The van der Waals surface area contributed by atoms with Crippen LogP contribution in [0.3, 0.4) is 0 Å². The van der Waals surface area contributed by atoms with Crippen LogP contribution < -0.4 is 5.32 Å². The Morgan fingerprint density at radius 2 is 1.85 bits per heavy atom. The molecule has 1 aliphatic carbocycles. The first-order chi connectivity index (χ1) is 9.45. The smallest absolute Gasteiger partial charge is 0.240 e. The van der Waals surface area contributed by atoms with Crippen molar-refractivity contribution in [2.75, 3.05) is 7.11 Å². The Hall–Kier alpha value is -0.940. The van der Waals surface area contributed by atoms with E-state index in [0.717, 1.165) is 25.7 Å². The van der Waals surface area contributed by atoms with Crippen molar-refractivity contribution in [3.8, 4) is 0 Å². The topological polar surface area (TPSA) is 60.2 Å². The Bertz CT molecular complexity index is 415. The number of hydrogen-bond donors (Lipinski definition) is 1. The molecule has 0 radical (unpaired) electrons. The normalized spacial score (nSPS) is 19.8. The third-order valence-electron chi connectivity index (χ3n) is 3.95. The van der Waals surface area contributed by atoms with Crippen LogP contribution in [0.2, 0.25) is 0 Å². The van der Waals surface area contributed by atoms with E-state index >= 15 is 0 Å². The van der Waals surface area contributed by atoms with Crippen molar-refractivity contribution in [1.82, 2.24) is 15.5 Å². The number of rotatable bonds is 4. The summed E-state index contributed by atoms with van der Waals surface area (Å²) in [5, 5.41) is 7.53. The van der Waals surface area contributed by atoms with Gasteiger partial charge in [0.15, 0.2) is 0 Å². The molecule has 0 spiro atoms. The highest BCUT2D eigenvalue weighted by atomic mass is 16.5. The van der Waals surface area contributed by atoms with E-state index in [-0.39, 0.29) is 11.1 Å². The van der Waals surface area contributed by atoms with E-state index < -0.39 is 0 Å². The molecule has 114 valence electrons. The SMILES string of the molecule is COC1(c2noc(CNC(C)(C)C)n2)CCCCCC1. The molecule has 1 aromatic rings. The molecule has 5 heteroatoms. The Balaban J connectivity index is 2.09. The number of methoxy groups -OCH3 is 1. The molecule has 0 aromatic carbocycles. The molecule has 0 aliphatic heterocycles. The van der Waals surface area contributed by atoms with Gasteiger partial charge in [-0.05, 0) is 33.6 Å². The third kappa shape index (κ3) is 3.79. The molecule has 1 fully saturated rings. The van der Waals surface area contributed by atoms with Gasteiger partial charge in [0.2, 0.25) is 11.7 Å². The highest BCUT2D eigenvalue weighted by molar-refractivity contribution is 5.02. The predicted molar refractivity (Wildman–Crippen MR) is 77.3 cm³/mol. The van der Waals surface area contributed by atoms with E-state index in [1.165, 1.54) is 12.8 Å². The van der Waals surface area contributed by atoms with Gasteiger partial charge in [-0.3, -0.25) is 0 Å². The summed E-state index contributed by atoms with van der Waals surface area (Å²) in [6.07, 6.45) is 6.82. The van der Waals surface area contributed by atoms with Gasteiger partial charge in [-0.25, -0.2) is 0 Å². The molecule has 0 unspecified atom stereocenters. The highest BCUT2D eigenvalue weighted by Crippen LogP contribution is 2.37. The lowest BCUT2D eigenvalue weighted by Crippen LogP contribution is -2.35. The minimum atomic E-state index is -0.347. The first kappa shape index (κ1) is 15.4. The molecule has 1 aliphatic rings. The van der Waals surface area contributed by atoms with Crippen LogP contribution in [0.4, 0.5) is 0 Å². The average Bonchev–Trinajstić information content (AvgIpc) is 2.74. The molecule has 0 amide bonds. The van der Waals surface area contributed by atoms with Gasteiger partial charge in [-0.1, -0.05) is 30.8 Å². The Morgan fingerprint density at radius 3 is 2.40 bits per heavy atom. The van der Waals surface area contributed by atoms with Gasteiger partial charge < -0.3 is 14.6 Å². The molecule has 0 atom stereocenters. The summed E-state index contributed by atoms with van der Waals surface area (Å²) in [5.41, 5.74) is -0.310. The summed E-state index contributed by atoms with van der Waals surface area (Å²) < 4.78 is 11.2. The second-order valence-corrected chi connectivity index (χ2v) is 6.73. The number of nitrogens with one attached hydrogen (secondary N) is 1. The van der Waals surface area contributed by atoms with Gasteiger partial charge in [0.25, 0.3) is 0 Å². The van der Waals surface area contributed by atoms with Crippen molar-refractivity contribution < 1.29 is 9.26 Å². The van der Waals surface area contributed by atoms with Gasteiger partial charge in [0.05, 0.1) is 6.54 Å². The van der Waals surface area contributed by atoms with E-state index in [1.54, 1.807) is 7.11 Å². The van der Waals surface area contributed by atoms with E-state index in [1.807, 2.05) is 0 Å². The fourth-order valence-electron chi connectivity index (χ4n) is 2.67. The molecule has 1 aromatic heterocycles. The average molecular weight is 281 g/mol. The minimum absolute atomic E-state index is 0.0376. The molecule has 1 heterocycles. The first-order valence-corrected chi connectivity index (χ1v) is 7.58. The lowest BCUT2D eigenvalue weighted by Gasteiger charge is -2.27. The maximum Gasteiger partial charge on any atom is 0.240 e. The number of nitrogens with zero attached hydrogens (tertiary/aromatic N) is 2. The van der Waals surface area contributed by atoms with E-state index in [9.17, 15) is 0 Å². The van der Waals surface area contributed by atoms with E-state index in [2.05, 4.69) is 36.2 Å². The van der Waals surface area contributed by atoms with Crippen LogP contribution in [0, 0.1) is 0 Å². The zero-order valence-electron chi connectivity index (χ0n) is 13.2. The minimum Gasteiger partial charge on any atom is -0.370 e. The fourth-order valence-corrected chi connectivity index (χ4v) is 2.67. The van der Waals surface area contributed by atoms with Gasteiger partial charge in [0.1, 0.15) is 5.60 Å². The fraction of sp³-hybridized carbons (Fsp3) is 0.867. The molecular formula is C15H27N3O2. The molecule has 0 saturated heterocycles. The van der Waals surface area contributed by atoms with Gasteiger partial charge in [0, 0.05) is 12.6 Å². The zero-order chi connectivity index (χ0) is 14.6. The van der Waals surface area contributed by atoms with E-state index in [4.69, 9.17) is 9.26 Å². The lowest BCUT2D eigenvalue weighted by atomic mass is 9.93. The first-order valence-electron chi connectivity index (χ1n) is 7.58. The Kier molecular flexibility index (Phi) is 4.81. The summed E-state index contributed by atoms with van der Waals surface area (Å²) in [4.78, 5) is 4.56. The van der Waals surface area contributed by atoms with Gasteiger partial charge in [-0.15, -0.1) is 0 Å². The molecule has 5 nitrogen and oxygen atoms in total. The highest BCUT2D eigenvalue weighted by Gasteiger charge is 2.37. The monoisotopic (exact) mass is 281 g/mol. The van der Waals surface area contributed by atoms with Crippen LogP contribution in [-0.2, 0) is 16.9 Å². The van der Waals surface area contributed by atoms with Crippen LogP contribution >= 0.6 is 0 Å². The quantitative estimate of drug-likeness (QED) is 0.859. The maximum atomic E-state index is 5.80. The molecule has 1 saturated carbocycles. The third-order valence-corrected chi connectivity index (χ3v) is 3.95. The summed E-state index contributed by atoms with van der Waals surface area (Å²) in [7, 11) is 1.76. The largest absolute Gasteiger partial charge is 0.370 e. The van der Waals surface area contributed by atoms with Gasteiger partial charge in [-0.2, -0.15) is 4.98 Å². The predicted octanol–water partition coefficient (Wildman–Crippen LogP) is 3.15. The summed E-state index contributed by atoms with van der Waals surface area (Å²) in [5.74, 6) is 1.35. The molecule has 20 heavy (non-hydrogen) atoms. The number of aromatic nitrogens is 2. The van der Waals surface area contributed by atoms with Crippen molar-refractivity contribution in [3.63, 3.8) is 0 Å². The molecule has 0 bridgehead atoms. The van der Waals surface area contributed by atoms with E-state index in [0.29, 0.717) is 18.3 Å². The second kappa shape index (κ2) is 6.22. The molecule has 2 rings (SSSR count). The number of ether oxygens (including phenoxy) is 1. The van der Waals surface area contributed by atoms with Crippen LogP contribution in [0.5, 0.6) is 0 Å². The van der Waals surface area contributed by atoms with Gasteiger partial charge >= 0.3 is 0 Å².